The highest BCUT2D eigenvalue weighted by atomic mass is 16.2. The molecule has 3 rings (SSSR count). The maximum Gasteiger partial charge on any atom is 0.248 e. The van der Waals surface area contributed by atoms with Crippen molar-refractivity contribution in [3.63, 3.8) is 0 Å². The highest BCUT2D eigenvalue weighted by Crippen LogP contribution is 2.34. The third-order valence-corrected chi connectivity index (χ3v) is 4.13. The van der Waals surface area contributed by atoms with E-state index in [1.807, 2.05) is 37.3 Å². The maximum absolute atomic E-state index is 12.6. The van der Waals surface area contributed by atoms with Gasteiger partial charge in [-0.2, -0.15) is 0 Å². The van der Waals surface area contributed by atoms with Crippen LogP contribution in [0.2, 0.25) is 0 Å². The van der Waals surface area contributed by atoms with E-state index in [0.717, 1.165) is 5.56 Å². The van der Waals surface area contributed by atoms with Crippen molar-refractivity contribution in [1.82, 2.24) is 10.2 Å². The van der Waals surface area contributed by atoms with Crippen LogP contribution < -0.4 is 5.32 Å². The molecule has 4 heteroatoms. The second kappa shape index (κ2) is 5.27. The standard InChI is InChI=1S/C16H20N2O2/c1-2-13-16(20)18(10-11-8-9-11)14(15(19)17-13)12-6-4-3-5-7-12/h3-7,11,13-14H,2,8-10H2,1H3,(H,17,19). The molecule has 1 aromatic carbocycles. The highest BCUT2D eigenvalue weighted by molar-refractivity contribution is 5.97. The summed E-state index contributed by atoms with van der Waals surface area (Å²) < 4.78 is 0. The first-order valence-corrected chi connectivity index (χ1v) is 7.36. The summed E-state index contributed by atoms with van der Waals surface area (Å²) in [5.74, 6) is 0.588. The molecule has 1 aliphatic carbocycles. The monoisotopic (exact) mass is 272 g/mol. The fourth-order valence-electron chi connectivity index (χ4n) is 2.80. The Morgan fingerprint density at radius 1 is 1.20 bits per heavy atom. The number of hydrogen-bond acceptors (Lipinski definition) is 2. The molecule has 2 atom stereocenters. The van der Waals surface area contributed by atoms with Gasteiger partial charge in [0.15, 0.2) is 0 Å². The number of nitrogens with one attached hydrogen (secondary N) is 1. The first-order chi connectivity index (χ1) is 9.70. The molecule has 0 spiro atoms. The lowest BCUT2D eigenvalue weighted by atomic mass is 9.98. The Morgan fingerprint density at radius 3 is 2.50 bits per heavy atom. The molecule has 0 bridgehead atoms. The van der Waals surface area contributed by atoms with E-state index in [1.165, 1.54) is 12.8 Å². The maximum atomic E-state index is 12.6. The Hall–Kier alpha value is -1.84. The summed E-state index contributed by atoms with van der Waals surface area (Å²) in [5.41, 5.74) is 0.897. The van der Waals surface area contributed by atoms with Gasteiger partial charge in [0.1, 0.15) is 12.1 Å². The molecule has 1 aromatic rings. The van der Waals surface area contributed by atoms with Crippen LogP contribution in [0.15, 0.2) is 30.3 Å². The lowest BCUT2D eigenvalue weighted by Crippen LogP contribution is -2.59. The predicted molar refractivity (Wildman–Crippen MR) is 75.8 cm³/mol. The topological polar surface area (TPSA) is 49.4 Å². The molecule has 1 N–H and O–H groups in total. The second-order valence-corrected chi connectivity index (χ2v) is 5.72. The summed E-state index contributed by atoms with van der Waals surface area (Å²) in [4.78, 5) is 26.8. The number of piperazine rings is 1. The van der Waals surface area contributed by atoms with Gasteiger partial charge in [0.05, 0.1) is 0 Å². The van der Waals surface area contributed by atoms with Gasteiger partial charge < -0.3 is 10.2 Å². The van der Waals surface area contributed by atoms with Crippen molar-refractivity contribution in [2.75, 3.05) is 6.54 Å². The van der Waals surface area contributed by atoms with Gasteiger partial charge in [-0.25, -0.2) is 0 Å². The van der Waals surface area contributed by atoms with E-state index in [9.17, 15) is 9.59 Å². The summed E-state index contributed by atoms with van der Waals surface area (Å²) in [6.45, 7) is 2.64. The first-order valence-electron chi connectivity index (χ1n) is 7.36. The van der Waals surface area contributed by atoms with E-state index in [1.54, 1.807) is 4.90 Å². The molecule has 4 nitrogen and oxygen atoms in total. The van der Waals surface area contributed by atoms with Crippen LogP contribution >= 0.6 is 0 Å². The lowest BCUT2D eigenvalue weighted by Gasteiger charge is -2.39. The summed E-state index contributed by atoms with van der Waals surface area (Å²) >= 11 is 0. The SMILES string of the molecule is CCC1NC(=O)C(c2ccccc2)N(CC2CC2)C1=O. The number of nitrogens with zero attached hydrogens (tertiary/aromatic N) is 1. The number of amides is 2. The van der Waals surface area contributed by atoms with Crippen molar-refractivity contribution < 1.29 is 9.59 Å². The minimum Gasteiger partial charge on any atom is -0.342 e. The molecule has 1 aliphatic heterocycles. The molecule has 2 fully saturated rings. The van der Waals surface area contributed by atoms with E-state index < -0.39 is 6.04 Å². The normalized spacial score (nSPS) is 26.6. The van der Waals surface area contributed by atoms with Crippen LogP contribution in [-0.2, 0) is 9.59 Å². The fourth-order valence-corrected chi connectivity index (χ4v) is 2.80. The fraction of sp³-hybridized carbons (Fsp3) is 0.500. The van der Waals surface area contributed by atoms with Gasteiger partial charge in [-0.15, -0.1) is 0 Å². The van der Waals surface area contributed by atoms with Crippen molar-refractivity contribution >= 4 is 11.8 Å². The zero-order valence-electron chi connectivity index (χ0n) is 11.7. The molecular formula is C16H20N2O2. The third-order valence-electron chi connectivity index (χ3n) is 4.13. The largest absolute Gasteiger partial charge is 0.342 e. The second-order valence-electron chi connectivity index (χ2n) is 5.72. The Bertz CT molecular complexity index is 510. The summed E-state index contributed by atoms with van der Waals surface area (Å²) in [7, 11) is 0. The van der Waals surface area contributed by atoms with Gasteiger partial charge in [-0.05, 0) is 30.7 Å². The first kappa shape index (κ1) is 13.2. The minimum absolute atomic E-state index is 0.0525. The van der Waals surface area contributed by atoms with Gasteiger partial charge in [-0.1, -0.05) is 37.3 Å². The molecule has 2 unspecified atom stereocenters. The molecule has 0 aromatic heterocycles. The van der Waals surface area contributed by atoms with Gasteiger partial charge in [0, 0.05) is 6.54 Å². The van der Waals surface area contributed by atoms with Crippen LogP contribution in [0.5, 0.6) is 0 Å². The van der Waals surface area contributed by atoms with Crippen molar-refractivity contribution in [3.8, 4) is 0 Å². The van der Waals surface area contributed by atoms with Gasteiger partial charge in [0.2, 0.25) is 11.8 Å². The van der Waals surface area contributed by atoms with Crippen LogP contribution in [-0.4, -0.2) is 29.3 Å². The van der Waals surface area contributed by atoms with Crippen molar-refractivity contribution in [2.45, 2.75) is 38.3 Å². The Kier molecular flexibility index (Phi) is 3.47. The molecule has 1 saturated carbocycles. The van der Waals surface area contributed by atoms with Crippen LogP contribution in [0.4, 0.5) is 0 Å². The molecule has 2 aliphatic rings. The Labute approximate surface area is 119 Å². The number of hydrogen-bond donors (Lipinski definition) is 1. The van der Waals surface area contributed by atoms with Gasteiger partial charge in [-0.3, -0.25) is 9.59 Å². The lowest BCUT2D eigenvalue weighted by molar-refractivity contribution is -0.150. The van der Waals surface area contributed by atoms with Gasteiger partial charge >= 0.3 is 0 Å². The zero-order valence-corrected chi connectivity index (χ0v) is 11.7. The molecule has 20 heavy (non-hydrogen) atoms. The van der Waals surface area contributed by atoms with E-state index >= 15 is 0 Å². The van der Waals surface area contributed by atoms with E-state index in [-0.39, 0.29) is 17.9 Å². The van der Waals surface area contributed by atoms with Crippen molar-refractivity contribution in [1.29, 1.82) is 0 Å². The third kappa shape index (κ3) is 2.42. The van der Waals surface area contributed by atoms with E-state index in [0.29, 0.717) is 18.9 Å². The molecule has 1 heterocycles. The Balaban J connectivity index is 1.91. The Morgan fingerprint density at radius 2 is 1.90 bits per heavy atom. The van der Waals surface area contributed by atoms with Crippen LogP contribution in [0, 0.1) is 5.92 Å². The smallest absolute Gasteiger partial charge is 0.248 e. The number of carbonyl (C=O) groups is 2. The van der Waals surface area contributed by atoms with Crippen molar-refractivity contribution in [2.24, 2.45) is 5.92 Å². The minimum atomic E-state index is -0.466. The van der Waals surface area contributed by atoms with E-state index in [4.69, 9.17) is 0 Å². The predicted octanol–water partition coefficient (Wildman–Crippen LogP) is 1.87. The molecule has 0 radical (unpaired) electrons. The van der Waals surface area contributed by atoms with Crippen LogP contribution in [0.3, 0.4) is 0 Å². The number of carbonyl (C=O) groups excluding carboxylic acids is 2. The highest BCUT2D eigenvalue weighted by Gasteiger charge is 2.42. The molecule has 106 valence electrons. The van der Waals surface area contributed by atoms with E-state index in [2.05, 4.69) is 5.32 Å². The van der Waals surface area contributed by atoms with Crippen molar-refractivity contribution in [3.05, 3.63) is 35.9 Å². The molecule has 1 saturated heterocycles. The molecular weight excluding hydrogens is 252 g/mol. The van der Waals surface area contributed by atoms with Crippen LogP contribution in [0.1, 0.15) is 37.8 Å². The number of rotatable bonds is 4. The molecule has 2 amide bonds. The summed E-state index contributed by atoms with van der Waals surface area (Å²) in [5, 5.41) is 2.86. The van der Waals surface area contributed by atoms with Gasteiger partial charge in [0.25, 0.3) is 0 Å². The van der Waals surface area contributed by atoms with Crippen LogP contribution in [0.25, 0.3) is 0 Å². The average molecular weight is 272 g/mol. The average Bonchev–Trinajstić information content (AvgIpc) is 3.27. The summed E-state index contributed by atoms with van der Waals surface area (Å²) in [6.07, 6.45) is 2.99. The summed E-state index contributed by atoms with van der Waals surface area (Å²) in [6, 6.07) is 8.76. The zero-order chi connectivity index (χ0) is 14.1. The number of benzene rings is 1. The quantitative estimate of drug-likeness (QED) is 0.909.